The molecule has 1 radical (unpaired) electrons. The molecular weight excluding hydrogens is 429 g/mol. The van der Waals surface area contributed by atoms with Crippen LogP contribution < -0.4 is 0 Å². The summed E-state index contributed by atoms with van der Waals surface area (Å²) in [5, 5.41) is 8.04. The molecule has 0 unspecified atom stereocenters. The molecule has 3 N–H and O–H groups in total. The third kappa shape index (κ3) is 4.86. The predicted octanol–water partition coefficient (Wildman–Crippen LogP) is 6.62. The van der Waals surface area contributed by atoms with Gasteiger partial charge in [0.1, 0.15) is 5.69 Å². The number of para-hydroxylation sites is 2. The molecular formula is C25H26CoN5-. The molecule has 6 heteroatoms. The van der Waals surface area contributed by atoms with Crippen molar-refractivity contribution in [3.05, 3.63) is 82.2 Å². The molecule has 5 rings (SSSR count). The molecule has 0 saturated heterocycles. The van der Waals surface area contributed by atoms with Crippen molar-refractivity contribution in [3.63, 3.8) is 0 Å². The number of H-pyrrole nitrogens is 1. The molecule has 4 aromatic rings. The van der Waals surface area contributed by atoms with E-state index in [1.807, 2.05) is 56.3 Å². The van der Waals surface area contributed by atoms with Crippen LogP contribution in [0.5, 0.6) is 0 Å². The zero-order valence-corrected chi connectivity index (χ0v) is 19.0. The number of fused-ring (bicyclic) bond motifs is 2. The quantitative estimate of drug-likeness (QED) is 0.338. The Bertz CT molecular complexity index is 1190. The molecule has 1 aliphatic rings. The van der Waals surface area contributed by atoms with E-state index in [4.69, 9.17) is 11.1 Å². The number of nitrogens with zero attached hydrogens (tertiary/aromatic N) is 2. The fraction of sp³-hybridized carbons (Fsp3) is 0.240. The van der Waals surface area contributed by atoms with Crippen molar-refractivity contribution in [1.29, 1.82) is 5.41 Å². The third-order valence-electron chi connectivity index (χ3n) is 5.45. The molecule has 2 heterocycles. The maximum absolute atomic E-state index is 8.04. The Morgan fingerprint density at radius 1 is 0.935 bits per heavy atom. The second-order valence-corrected chi connectivity index (χ2v) is 7.91. The van der Waals surface area contributed by atoms with Crippen molar-refractivity contribution in [2.24, 2.45) is 0 Å². The fourth-order valence-corrected chi connectivity index (χ4v) is 3.91. The van der Waals surface area contributed by atoms with Crippen LogP contribution in [0.15, 0.2) is 48.5 Å². The first-order chi connectivity index (χ1) is 14.4. The van der Waals surface area contributed by atoms with E-state index in [1.54, 1.807) is 0 Å². The Morgan fingerprint density at radius 2 is 1.65 bits per heavy atom. The molecule has 0 amide bonds. The number of aromatic nitrogens is 3. The van der Waals surface area contributed by atoms with Gasteiger partial charge in [-0.25, -0.2) is 9.97 Å². The van der Waals surface area contributed by atoms with E-state index in [-0.39, 0.29) is 16.8 Å². The Kier molecular flexibility index (Phi) is 6.93. The largest absolute Gasteiger partial charge is 0.698 e. The summed E-state index contributed by atoms with van der Waals surface area (Å²) in [6.07, 6.45) is 2.90. The van der Waals surface area contributed by atoms with Gasteiger partial charge in [-0.3, -0.25) is 0 Å². The van der Waals surface area contributed by atoms with E-state index < -0.39 is 0 Å². The molecule has 1 aliphatic carbocycles. The number of nitrogens with one attached hydrogen (secondary N) is 3. The Labute approximate surface area is 193 Å². The first-order valence-corrected chi connectivity index (χ1v) is 10.2. The van der Waals surface area contributed by atoms with E-state index in [0.717, 1.165) is 58.6 Å². The zero-order chi connectivity index (χ0) is 21.3. The second-order valence-electron chi connectivity index (χ2n) is 7.91. The van der Waals surface area contributed by atoms with Crippen LogP contribution in [0, 0.1) is 26.2 Å². The number of aromatic amines is 1. The molecule has 0 spiro atoms. The monoisotopic (exact) mass is 455 g/mol. The minimum Gasteiger partial charge on any atom is -0.698 e. The molecule has 0 bridgehead atoms. The number of aryl methyl sites for hydroxylation is 4. The van der Waals surface area contributed by atoms with Gasteiger partial charge in [-0.2, -0.15) is 0 Å². The van der Waals surface area contributed by atoms with Crippen LogP contribution in [0.1, 0.15) is 40.8 Å². The van der Waals surface area contributed by atoms with E-state index in [1.165, 1.54) is 11.1 Å². The van der Waals surface area contributed by atoms with Gasteiger partial charge < -0.3 is 16.1 Å². The van der Waals surface area contributed by atoms with E-state index in [9.17, 15) is 0 Å². The van der Waals surface area contributed by atoms with Gasteiger partial charge >= 0.3 is 0 Å². The van der Waals surface area contributed by atoms with Gasteiger partial charge in [0.2, 0.25) is 0 Å². The van der Waals surface area contributed by atoms with Crippen molar-refractivity contribution in [1.82, 2.24) is 15.0 Å². The van der Waals surface area contributed by atoms with Gasteiger partial charge in [-0.05, 0) is 63.8 Å². The Hall–Kier alpha value is -2.96. The van der Waals surface area contributed by atoms with Gasteiger partial charge in [-0.1, -0.05) is 47.0 Å². The van der Waals surface area contributed by atoms with Crippen molar-refractivity contribution in [2.45, 2.75) is 40.0 Å². The second kappa shape index (κ2) is 9.45. The average Bonchev–Trinajstić information content (AvgIpc) is 3.17. The standard InChI is InChI=1S/C16H14N4.C9H12N.Co/c17-11-5-3-4-10-8-9-14(18-15(10)11)16-19-12-6-1-2-7-13(12)20-16;1-6-4-7(2)9(10)8(3)5-6;/h1-2,6-9,17H,3-5H2,(H,19,20);4-5,10H,1-3H3;/q;-1;. The van der Waals surface area contributed by atoms with E-state index in [0.29, 0.717) is 11.4 Å². The van der Waals surface area contributed by atoms with Crippen molar-refractivity contribution >= 4 is 22.4 Å². The van der Waals surface area contributed by atoms with Gasteiger partial charge in [-0.15, -0.1) is 5.69 Å². The number of imidazole rings is 1. The smallest absolute Gasteiger partial charge is 0.157 e. The minimum atomic E-state index is 0. The summed E-state index contributed by atoms with van der Waals surface area (Å²) in [5.74, 6) is 0.771. The number of hydrogen-bond donors (Lipinski definition) is 2. The molecule has 2 aromatic heterocycles. The molecule has 5 nitrogen and oxygen atoms in total. The molecule has 0 aliphatic heterocycles. The predicted molar refractivity (Wildman–Crippen MR) is 124 cm³/mol. The molecule has 0 saturated carbocycles. The summed E-state index contributed by atoms with van der Waals surface area (Å²) in [7, 11) is 0. The summed E-state index contributed by atoms with van der Waals surface area (Å²) in [6, 6.07) is 16.1. The van der Waals surface area contributed by atoms with Crippen LogP contribution in [0.3, 0.4) is 0 Å². The Balaban J connectivity index is 0.000000212. The van der Waals surface area contributed by atoms with Gasteiger partial charge in [0.05, 0.1) is 22.4 Å². The van der Waals surface area contributed by atoms with Crippen LogP contribution in [-0.4, -0.2) is 20.7 Å². The van der Waals surface area contributed by atoms with Crippen LogP contribution in [0.4, 0.5) is 5.69 Å². The van der Waals surface area contributed by atoms with Crippen LogP contribution >= 0.6 is 0 Å². The Morgan fingerprint density at radius 3 is 2.35 bits per heavy atom. The molecule has 2 aromatic carbocycles. The summed E-state index contributed by atoms with van der Waals surface area (Å²) in [5.41, 5.74) is 17.0. The van der Waals surface area contributed by atoms with Crippen molar-refractivity contribution < 1.29 is 16.8 Å². The summed E-state index contributed by atoms with van der Waals surface area (Å²) >= 11 is 0. The zero-order valence-electron chi connectivity index (χ0n) is 18.0. The molecule has 31 heavy (non-hydrogen) atoms. The van der Waals surface area contributed by atoms with Gasteiger partial charge in [0, 0.05) is 16.8 Å². The van der Waals surface area contributed by atoms with Gasteiger partial charge in [0.15, 0.2) is 5.82 Å². The molecule has 0 fully saturated rings. The topological polar surface area (TPSA) is 89.2 Å². The fourth-order valence-electron chi connectivity index (χ4n) is 3.91. The van der Waals surface area contributed by atoms with Crippen LogP contribution in [0.25, 0.3) is 28.3 Å². The number of benzene rings is 2. The van der Waals surface area contributed by atoms with Crippen molar-refractivity contribution in [3.8, 4) is 11.5 Å². The summed E-state index contributed by atoms with van der Waals surface area (Å²) in [6.45, 7) is 6.00. The average molecular weight is 455 g/mol. The normalized spacial score (nSPS) is 12.5. The first-order valence-electron chi connectivity index (χ1n) is 10.2. The molecule has 161 valence electrons. The first kappa shape index (κ1) is 22.7. The maximum Gasteiger partial charge on any atom is 0.157 e. The SMILES string of the molecule is Cc1cc(C)c([NH-])c(C)c1.N=C1CCCc2ccc(-c3nc4ccccc4[nH]3)nc21.[Co]. The van der Waals surface area contributed by atoms with Crippen LogP contribution in [-0.2, 0) is 23.2 Å². The third-order valence-corrected chi connectivity index (χ3v) is 5.45. The maximum atomic E-state index is 8.04. The van der Waals surface area contributed by atoms with Gasteiger partial charge in [0.25, 0.3) is 0 Å². The number of pyridine rings is 1. The van der Waals surface area contributed by atoms with E-state index in [2.05, 4.69) is 27.9 Å². The van der Waals surface area contributed by atoms with Crippen LogP contribution in [0.2, 0.25) is 0 Å². The number of hydrogen-bond acceptors (Lipinski definition) is 3. The summed E-state index contributed by atoms with van der Waals surface area (Å²) < 4.78 is 0. The van der Waals surface area contributed by atoms with E-state index >= 15 is 0 Å². The van der Waals surface area contributed by atoms with Crippen molar-refractivity contribution in [2.75, 3.05) is 0 Å². The number of rotatable bonds is 1. The summed E-state index contributed by atoms with van der Waals surface area (Å²) in [4.78, 5) is 12.5. The minimum absolute atomic E-state index is 0. The molecule has 0 atom stereocenters.